The predicted molar refractivity (Wildman–Crippen MR) is 56.2 cm³/mol. The molecule has 0 aliphatic rings. The molecular formula is C12H10FNO. The third kappa shape index (κ3) is 2.31. The number of benzene rings is 1. The van der Waals surface area contributed by atoms with Crippen LogP contribution in [0, 0.1) is 5.82 Å². The van der Waals surface area contributed by atoms with E-state index in [9.17, 15) is 9.18 Å². The van der Waals surface area contributed by atoms with Gasteiger partial charge in [0.25, 0.3) is 5.56 Å². The van der Waals surface area contributed by atoms with E-state index in [0.29, 0.717) is 6.54 Å². The zero-order chi connectivity index (χ0) is 10.7. The second-order valence-electron chi connectivity index (χ2n) is 3.30. The molecule has 76 valence electrons. The normalized spacial score (nSPS) is 10.2. The van der Waals surface area contributed by atoms with E-state index in [1.54, 1.807) is 0 Å². The summed E-state index contributed by atoms with van der Waals surface area (Å²) in [7, 11) is 0. The number of pyridine rings is 1. The third-order valence-corrected chi connectivity index (χ3v) is 2.14. The summed E-state index contributed by atoms with van der Waals surface area (Å²) < 4.78 is 14.2. The highest BCUT2D eigenvalue weighted by Crippen LogP contribution is 2.01. The molecule has 3 heteroatoms. The number of hydrogen-bond donors (Lipinski definition) is 0. The maximum absolute atomic E-state index is 12.9. The number of rotatable bonds is 2. The Morgan fingerprint density at radius 3 is 2.53 bits per heavy atom. The lowest BCUT2D eigenvalue weighted by atomic mass is 10.2. The third-order valence-electron chi connectivity index (χ3n) is 2.14. The molecule has 1 aromatic heterocycles. The van der Waals surface area contributed by atoms with E-state index in [-0.39, 0.29) is 5.56 Å². The van der Waals surface area contributed by atoms with Crippen LogP contribution in [0.1, 0.15) is 5.56 Å². The molecule has 0 atom stereocenters. The molecule has 0 spiro atoms. The molecule has 2 aromatic rings. The lowest BCUT2D eigenvalue weighted by Crippen LogP contribution is -2.19. The lowest BCUT2D eigenvalue weighted by molar-refractivity contribution is 0.595. The van der Waals surface area contributed by atoms with E-state index >= 15 is 0 Å². The van der Waals surface area contributed by atoms with Gasteiger partial charge >= 0.3 is 0 Å². The van der Waals surface area contributed by atoms with E-state index < -0.39 is 5.82 Å². The van der Waals surface area contributed by atoms with Crippen molar-refractivity contribution in [3.8, 4) is 0 Å². The summed E-state index contributed by atoms with van der Waals surface area (Å²) in [5, 5.41) is 0. The molecule has 0 radical (unpaired) electrons. The molecule has 1 aromatic carbocycles. The maximum atomic E-state index is 12.9. The highest BCUT2D eigenvalue weighted by atomic mass is 19.1. The number of aromatic nitrogens is 1. The van der Waals surface area contributed by atoms with Crippen molar-refractivity contribution in [2.75, 3.05) is 0 Å². The first kappa shape index (κ1) is 9.65. The van der Waals surface area contributed by atoms with Crippen LogP contribution in [0.25, 0.3) is 0 Å². The molecule has 0 aliphatic heterocycles. The molecule has 0 aliphatic carbocycles. The Bertz CT molecular complexity index is 505. The van der Waals surface area contributed by atoms with Crippen molar-refractivity contribution in [2.24, 2.45) is 0 Å². The lowest BCUT2D eigenvalue weighted by Gasteiger charge is -2.04. The largest absolute Gasteiger partial charge is 0.308 e. The van der Waals surface area contributed by atoms with Crippen molar-refractivity contribution < 1.29 is 4.39 Å². The van der Waals surface area contributed by atoms with Crippen LogP contribution in [0.15, 0.2) is 53.5 Å². The molecule has 1 heterocycles. The van der Waals surface area contributed by atoms with Crippen molar-refractivity contribution >= 4 is 0 Å². The standard InChI is InChI=1S/C12H10FNO/c13-11-6-7-12(15)14(9-11)8-10-4-2-1-3-5-10/h1-7,9H,8H2. The monoisotopic (exact) mass is 203 g/mol. The minimum atomic E-state index is -0.398. The minimum Gasteiger partial charge on any atom is -0.308 e. The molecule has 2 nitrogen and oxygen atoms in total. The van der Waals surface area contributed by atoms with Crippen molar-refractivity contribution in [1.82, 2.24) is 4.57 Å². The SMILES string of the molecule is O=c1ccc(F)cn1Cc1ccccc1. The number of hydrogen-bond acceptors (Lipinski definition) is 1. The van der Waals surface area contributed by atoms with Crippen LogP contribution in [0.2, 0.25) is 0 Å². The van der Waals surface area contributed by atoms with Gasteiger partial charge in [0.05, 0.1) is 6.54 Å². The predicted octanol–water partition coefficient (Wildman–Crippen LogP) is 2.04. The summed E-state index contributed by atoms with van der Waals surface area (Å²) >= 11 is 0. The minimum absolute atomic E-state index is 0.194. The molecule has 0 bridgehead atoms. The summed E-state index contributed by atoms with van der Waals surface area (Å²) in [6.07, 6.45) is 1.22. The zero-order valence-corrected chi connectivity index (χ0v) is 8.06. The van der Waals surface area contributed by atoms with E-state index in [2.05, 4.69) is 0 Å². The first-order valence-corrected chi connectivity index (χ1v) is 4.65. The summed E-state index contributed by atoms with van der Waals surface area (Å²) in [5.74, 6) is -0.398. The van der Waals surface area contributed by atoms with E-state index in [1.807, 2.05) is 30.3 Å². The Morgan fingerprint density at radius 1 is 1.07 bits per heavy atom. The fourth-order valence-corrected chi connectivity index (χ4v) is 1.41. The Kier molecular flexibility index (Phi) is 2.63. The van der Waals surface area contributed by atoms with Crippen molar-refractivity contribution in [3.63, 3.8) is 0 Å². The molecule has 0 saturated carbocycles. The van der Waals surface area contributed by atoms with Gasteiger partial charge in [-0.25, -0.2) is 4.39 Å². The van der Waals surface area contributed by atoms with E-state index in [1.165, 1.54) is 22.9 Å². The van der Waals surface area contributed by atoms with Gasteiger partial charge in [0.1, 0.15) is 5.82 Å². The average Bonchev–Trinajstić information content (AvgIpc) is 2.25. The maximum Gasteiger partial charge on any atom is 0.251 e. The van der Waals surface area contributed by atoms with Gasteiger partial charge in [-0.15, -0.1) is 0 Å². The molecule has 0 amide bonds. The van der Waals surface area contributed by atoms with Crippen LogP contribution in [-0.2, 0) is 6.54 Å². The van der Waals surface area contributed by atoms with Gasteiger partial charge in [-0.05, 0) is 11.6 Å². The summed E-state index contributed by atoms with van der Waals surface area (Å²) in [4.78, 5) is 11.4. The highest BCUT2D eigenvalue weighted by molar-refractivity contribution is 5.15. The average molecular weight is 203 g/mol. The summed E-state index contributed by atoms with van der Waals surface area (Å²) in [5.41, 5.74) is 0.783. The second kappa shape index (κ2) is 4.09. The molecule has 15 heavy (non-hydrogen) atoms. The zero-order valence-electron chi connectivity index (χ0n) is 8.06. The molecule has 0 unspecified atom stereocenters. The molecule has 2 rings (SSSR count). The van der Waals surface area contributed by atoms with Gasteiger partial charge in [-0.3, -0.25) is 4.79 Å². The second-order valence-corrected chi connectivity index (χ2v) is 3.30. The van der Waals surface area contributed by atoms with Gasteiger partial charge in [0.2, 0.25) is 0 Å². The van der Waals surface area contributed by atoms with Gasteiger partial charge < -0.3 is 4.57 Å². The quantitative estimate of drug-likeness (QED) is 0.732. The van der Waals surface area contributed by atoms with Crippen LogP contribution in [0.3, 0.4) is 0 Å². The number of halogens is 1. The van der Waals surface area contributed by atoms with Crippen molar-refractivity contribution in [1.29, 1.82) is 0 Å². The van der Waals surface area contributed by atoms with Crippen LogP contribution >= 0.6 is 0 Å². The highest BCUT2D eigenvalue weighted by Gasteiger charge is 1.98. The van der Waals surface area contributed by atoms with Gasteiger partial charge in [-0.2, -0.15) is 0 Å². The number of nitrogens with zero attached hydrogens (tertiary/aromatic N) is 1. The Morgan fingerprint density at radius 2 is 1.80 bits per heavy atom. The van der Waals surface area contributed by atoms with Gasteiger partial charge in [0.15, 0.2) is 0 Å². The summed E-state index contributed by atoms with van der Waals surface area (Å²) in [6.45, 7) is 0.400. The van der Waals surface area contributed by atoms with Crippen LogP contribution in [-0.4, -0.2) is 4.57 Å². The summed E-state index contributed by atoms with van der Waals surface area (Å²) in [6, 6.07) is 11.9. The first-order chi connectivity index (χ1) is 7.25. The van der Waals surface area contributed by atoms with E-state index in [0.717, 1.165) is 5.56 Å². The fourth-order valence-electron chi connectivity index (χ4n) is 1.41. The van der Waals surface area contributed by atoms with E-state index in [4.69, 9.17) is 0 Å². The van der Waals surface area contributed by atoms with Crippen LogP contribution in [0.4, 0.5) is 4.39 Å². The molecule has 0 fully saturated rings. The smallest absolute Gasteiger partial charge is 0.251 e. The molecule has 0 N–H and O–H groups in total. The Balaban J connectivity index is 2.32. The Hall–Kier alpha value is -1.90. The van der Waals surface area contributed by atoms with Gasteiger partial charge in [0, 0.05) is 12.3 Å². The van der Waals surface area contributed by atoms with Crippen molar-refractivity contribution in [3.05, 3.63) is 70.4 Å². The topological polar surface area (TPSA) is 22.0 Å². The fraction of sp³-hybridized carbons (Fsp3) is 0.0833. The van der Waals surface area contributed by atoms with Crippen LogP contribution < -0.4 is 5.56 Å². The van der Waals surface area contributed by atoms with Crippen molar-refractivity contribution in [2.45, 2.75) is 6.54 Å². The molecular weight excluding hydrogens is 193 g/mol. The van der Waals surface area contributed by atoms with Gasteiger partial charge in [-0.1, -0.05) is 30.3 Å². The van der Waals surface area contributed by atoms with Crippen LogP contribution in [0.5, 0.6) is 0 Å². The Labute approximate surface area is 86.6 Å². The molecule has 0 saturated heterocycles. The first-order valence-electron chi connectivity index (χ1n) is 4.65.